The van der Waals surface area contributed by atoms with Crippen molar-refractivity contribution in [1.29, 1.82) is 0 Å². The molecule has 3 nitrogen and oxygen atoms in total. The van der Waals surface area contributed by atoms with Gasteiger partial charge in [-0.2, -0.15) is 0 Å². The Morgan fingerprint density at radius 3 is 2.94 bits per heavy atom. The minimum Gasteiger partial charge on any atom is -0.491 e. The third-order valence-corrected chi connectivity index (χ3v) is 2.19. The first-order valence-electron chi connectivity index (χ1n) is 5.61. The van der Waals surface area contributed by atoms with Crippen molar-refractivity contribution in [2.24, 2.45) is 0 Å². The summed E-state index contributed by atoms with van der Waals surface area (Å²) in [7, 11) is 1.66. The Kier molecular flexibility index (Phi) is 6.16. The summed E-state index contributed by atoms with van der Waals surface area (Å²) < 4.78 is 10.7. The van der Waals surface area contributed by atoms with Gasteiger partial charge < -0.3 is 14.6 Å². The molecule has 0 aromatic heterocycles. The maximum absolute atomic E-state index is 8.63. The van der Waals surface area contributed by atoms with Gasteiger partial charge in [0, 0.05) is 19.1 Å². The average molecular weight is 234 g/mol. The summed E-state index contributed by atoms with van der Waals surface area (Å²) in [6, 6.07) is 7.58. The van der Waals surface area contributed by atoms with Crippen molar-refractivity contribution >= 4 is 0 Å². The number of rotatable bonds is 5. The van der Waals surface area contributed by atoms with E-state index in [1.807, 2.05) is 31.2 Å². The molecule has 0 aliphatic heterocycles. The third kappa shape index (κ3) is 5.39. The molecular weight excluding hydrogens is 216 g/mol. The molecule has 1 rings (SSSR count). The highest BCUT2D eigenvalue weighted by Crippen LogP contribution is 2.13. The van der Waals surface area contributed by atoms with Gasteiger partial charge >= 0.3 is 0 Å². The first-order chi connectivity index (χ1) is 8.26. The van der Waals surface area contributed by atoms with Crippen LogP contribution in [-0.4, -0.2) is 31.5 Å². The van der Waals surface area contributed by atoms with Crippen LogP contribution in [0.1, 0.15) is 18.9 Å². The van der Waals surface area contributed by atoms with E-state index in [2.05, 4.69) is 11.8 Å². The predicted octanol–water partition coefficient (Wildman–Crippen LogP) is 1.83. The van der Waals surface area contributed by atoms with Crippen molar-refractivity contribution in [3.05, 3.63) is 29.8 Å². The lowest BCUT2D eigenvalue weighted by atomic mass is 10.2. The predicted molar refractivity (Wildman–Crippen MR) is 67.0 cm³/mol. The summed E-state index contributed by atoms with van der Waals surface area (Å²) in [5.41, 5.74) is 0.890. The van der Waals surface area contributed by atoms with E-state index in [1.54, 1.807) is 7.11 Å². The standard InChI is InChI=1S/C14H18O3/c1-12(16-2)11-17-14-8-5-7-13(10-14)6-3-4-9-15/h5,7-8,10,12,15H,4,9,11H2,1-2H3. The summed E-state index contributed by atoms with van der Waals surface area (Å²) in [5, 5.41) is 8.63. The number of ether oxygens (including phenoxy) is 2. The van der Waals surface area contributed by atoms with E-state index in [1.165, 1.54) is 0 Å². The molecule has 3 heteroatoms. The minimum absolute atomic E-state index is 0.0686. The Balaban J connectivity index is 2.57. The summed E-state index contributed by atoms with van der Waals surface area (Å²) in [4.78, 5) is 0. The number of aliphatic hydroxyl groups is 1. The largest absolute Gasteiger partial charge is 0.491 e. The quantitative estimate of drug-likeness (QED) is 0.790. The van der Waals surface area contributed by atoms with Crippen LogP contribution in [0.4, 0.5) is 0 Å². The van der Waals surface area contributed by atoms with Crippen molar-refractivity contribution in [2.45, 2.75) is 19.4 Å². The summed E-state index contributed by atoms with van der Waals surface area (Å²) in [6.07, 6.45) is 0.560. The molecule has 0 radical (unpaired) electrons. The highest BCUT2D eigenvalue weighted by atomic mass is 16.5. The van der Waals surface area contributed by atoms with E-state index in [4.69, 9.17) is 14.6 Å². The van der Waals surface area contributed by atoms with Crippen LogP contribution < -0.4 is 4.74 Å². The molecule has 1 atom stereocenters. The first kappa shape index (κ1) is 13.6. The molecule has 0 saturated heterocycles. The molecule has 1 N–H and O–H groups in total. The van der Waals surface area contributed by atoms with Crippen molar-refractivity contribution in [2.75, 3.05) is 20.3 Å². The third-order valence-electron chi connectivity index (χ3n) is 2.19. The molecular formula is C14H18O3. The van der Waals surface area contributed by atoms with Gasteiger partial charge in [-0.15, -0.1) is 0 Å². The van der Waals surface area contributed by atoms with Gasteiger partial charge in [-0.05, 0) is 25.1 Å². The van der Waals surface area contributed by atoms with Gasteiger partial charge in [0.1, 0.15) is 12.4 Å². The van der Waals surface area contributed by atoms with Gasteiger partial charge in [0.25, 0.3) is 0 Å². The van der Waals surface area contributed by atoms with E-state index in [9.17, 15) is 0 Å². The van der Waals surface area contributed by atoms with Crippen molar-refractivity contribution in [3.8, 4) is 17.6 Å². The Hall–Kier alpha value is -1.50. The number of aliphatic hydroxyl groups excluding tert-OH is 1. The molecule has 0 heterocycles. The lowest BCUT2D eigenvalue weighted by Gasteiger charge is -2.11. The smallest absolute Gasteiger partial charge is 0.120 e. The molecule has 17 heavy (non-hydrogen) atoms. The SMILES string of the molecule is COC(C)COc1cccc(C#CCCO)c1. The molecule has 1 unspecified atom stereocenters. The second-order valence-electron chi connectivity index (χ2n) is 3.66. The van der Waals surface area contributed by atoms with Gasteiger partial charge in [-0.3, -0.25) is 0 Å². The molecule has 0 aliphatic carbocycles. The fourth-order valence-electron chi connectivity index (χ4n) is 1.17. The van der Waals surface area contributed by atoms with E-state index in [0.29, 0.717) is 13.0 Å². The van der Waals surface area contributed by atoms with Gasteiger partial charge in [0.05, 0.1) is 12.7 Å². The second-order valence-corrected chi connectivity index (χ2v) is 3.66. The second kappa shape index (κ2) is 7.72. The van der Waals surface area contributed by atoms with Crippen LogP contribution in [0.2, 0.25) is 0 Å². The zero-order chi connectivity index (χ0) is 12.5. The fraction of sp³-hybridized carbons (Fsp3) is 0.429. The van der Waals surface area contributed by atoms with Gasteiger partial charge in [-0.1, -0.05) is 17.9 Å². The van der Waals surface area contributed by atoms with Crippen molar-refractivity contribution < 1.29 is 14.6 Å². The van der Waals surface area contributed by atoms with Crippen LogP contribution in [0.15, 0.2) is 24.3 Å². The van der Waals surface area contributed by atoms with E-state index >= 15 is 0 Å². The monoisotopic (exact) mass is 234 g/mol. The molecule has 0 fully saturated rings. The fourth-order valence-corrected chi connectivity index (χ4v) is 1.17. The molecule has 0 bridgehead atoms. The number of hydrogen-bond donors (Lipinski definition) is 1. The summed E-state index contributed by atoms with van der Waals surface area (Å²) in [6.45, 7) is 2.56. The highest BCUT2D eigenvalue weighted by molar-refractivity contribution is 5.39. The minimum atomic E-state index is 0.0686. The van der Waals surface area contributed by atoms with Crippen LogP contribution >= 0.6 is 0 Å². The summed E-state index contributed by atoms with van der Waals surface area (Å²) >= 11 is 0. The summed E-state index contributed by atoms with van der Waals surface area (Å²) in [5.74, 6) is 6.62. The molecule has 0 amide bonds. The zero-order valence-electron chi connectivity index (χ0n) is 10.3. The highest BCUT2D eigenvalue weighted by Gasteiger charge is 2.00. The zero-order valence-corrected chi connectivity index (χ0v) is 10.3. The Labute approximate surface area is 102 Å². The van der Waals surface area contributed by atoms with Gasteiger partial charge in [0.2, 0.25) is 0 Å². The average Bonchev–Trinajstić information content (AvgIpc) is 2.37. The van der Waals surface area contributed by atoms with Crippen LogP contribution in [0.3, 0.4) is 0 Å². The molecule has 0 saturated carbocycles. The topological polar surface area (TPSA) is 38.7 Å². The Morgan fingerprint density at radius 1 is 1.41 bits per heavy atom. The molecule has 0 aliphatic rings. The van der Waals surface area contributed by atoms with Crippen LogP contribution in [0, 0.1) is 11.8 Å². The van der Waals surface area contributed by atoms with Crippen molar-refractivity contribution in [3.63, 3.8) is 0 Å². The van der Waals surface area contributed by atoms with E-state index in [-0.39, 0.29) is 12.7 Å². The maximum Gasteiger partial charge on any atom is 0.120 e. The normalized spacial score (nSPS) is 11.5. The Bertz CT molecular complexity index is 390. The molecule has 0 spiro atoms. The first-order valence-corrected chi connectivity index (χ1v) is 5.61. The van der Waals surface area contributed by atoms with Crippen LogP contribution in [0.5, 0.6) is 5.75 Å². The lowest BCUT2D eigenvalue weighted by Crippen LogP contribution is -2.15. The number of benzene rings is 1. The van der Waals surface area contributed by atoms with Crippen LogP contribution in [0.25, 0.3) is 0 Å². The Morgan fingerprint density at radius 2 is 2.24 bits per heavy atom. The van der Waals surface area contributed by atoms with Crippen LogP contribution in [-0.2, 0) is 4.74 Å². The number of hydrogen-bond acceptors (Lipinski definition) is 3. The lowest BCUT2D eigenvalue weighted by molar-refractivity contribution is 0.0716. The van der Waals surface area contributed by atoms with E-state index < -0.39 is 0 Å². The van der Waals surface area contributed by atoms with E-state index in [0.717, 1.165) is 11.3 Å². The maximum atomic E-state index is 8.63. The number of methoxy groups -OCH3 is 1. The van der Waals surface area contributed by atoms with Crippen molar-refractivity contribution in [1.82, 2.24) is 0 Å². The van der Waals surface area contributed by atoms with Gasteiger partial charge in [-0.25, -0.2) is 0 Å². The van der Waals surface area contributed by atoms with Gasteiger partial charge in [0.15, 0.2) is 0 Å². The molecule has 1 aromatic carbocycles. The molecule has 92 valence electrons. The molecule has 1 aromatic rings.